The fourth-order valence-electron chi connectivity index (χ4n) is 2.52. The molecule has 0 aliphatic rings. The van der Waals surface area contributed by atoms with E-state index in [9.17, 15) is 0 Å². The highest BCUT2D eigenvalue weighted by Crippen LogP contribution is 2.34. The van der Waals surface area contributed by atoms with Crippen molar-refractivity contribution in [3.63, 3.8) is 0 Å². The van der Waals surface area contributed by atoms with E-state index >= 15 is 0 Å². The van der Waals surface area contributed by atoms with Gasteiger partial charge in [-0.1, -0.05) is 73.3 Å². The molecule has 21 heavy (non-hydrogen) atoms. The van der Waals surface area contributed by atoms with Gasteiger partial charge in [0.25, 0.3) is 0 Å². The number of rotatable bonds is 3. The third-order valence-electron chi connectivity index (χ3n) is 3.33. The van der Waals surface area contributed by atoms with E-state index in [1.54, 1.807) is 6.08 Å². The van der Waals surface area contributed by atoms with Crippen molar-refractivity contribution in [1.29, 1.82) is 0 Å². The van der Waals surface area contributed by atoms with Gasteiger partial charge in [0.05, 0.1) is 0 Å². The van der Waals surface area contributed by atoms with E-state index in [0.29, 0.717) is 5.92 Å². The van der Waals surface area contributed by atoms with Crippen LogP contribution in [-0.2, 0) is 5.41 Å². The Morgan fingerprint density at radius 3 is 2.14 bits per heavy atom. The Hall–Kier alpha value is -1.52. The second-order valence-corrected chi connectivity index (χ2v) is 6.38. The van der Waals surface area contributed by atoms with Crippen LogP contribution in [0.15, 0.2) is 36.6 Å². The molecule has 0 unspecified atom stereocenters. The third kappa shape index (κ3) is 5.40. The molecule has 1 rings (SSSR count). The first kappa shape index (κ1) is 19.5. The standard InChI is InChI=1S/C19H26.C2H6/c1-8-9-10-11-16-17(19(5,6)7)13-12-15(4)18(16)14(2)3;1-2/h8-9,11-14H,1H2,2-7H3;1-2H3. The minimum atomic E-state index is 0.138. The fourth-order valence-corrected chi connectivity index (χ4v) is 2.52. The highest BCUT2D eigenvalue weighted by molar-refractivity contribution is 5.62. The van der Waals surface area contributed by atoms with Gasteiger partial charge in [-0.15, -0.1) is 5.73 Å². The van der Waals surface area contributed by atoms with Gasteiger partial charge in [0.2, 0.25) is 0 Å². The van der Waals surface area contributed by atoms with Crippen LogP contribution >= 0.6 is 0 Å². The summed E-state index contributed by atoms with van der Waals surface area (Å²) in [6, 6.07) is 4.49. The van der Waals surface area contributed by atoms with Crippen molar-refractivity contribution in [2.24, 2.45) is 0 Å². The van der Waals surface area contributed by atoms with E-state index in [2.05, 4.69) is 72.1 Å². The van der Waals surface area contributed by atoms with E-state index in [1.165, 1.54) is 22.3 Å². The van der Waals surface area contributed by atoms with Crippen molar-refractivity contribution < 1.29 is 0 Å². The normalized spacial score (nSPS) is 10.3. The summed E-state index contributed by atoms with van der Waals surface area (Å²) in [6.45, 7) is 21.2. The predicted molar refractivity (Wildman–Crippen MR) is 98.1 cm³/mol. The lowest BCUT2D eigenvalue weighted by Crippen LogP contribution is -2.15. The van der Waals surface area contributed by atoms with Crippen LogP contribution in [0.2, 0.25) is 0 Å². The average Bonchev–Trinajstić information content (AvgIpc) is 2.39. The number of aryl methyl sites for hydroxylation is 1. The first-order valence-electron chi connectivity index (χ1n) is 7.96. The molecule has 1 aromatic rings. The lowest BCUT2D eigenvalue weighted by molar-refractivity contribution is 0.587. The number of benzene rings is 1. The summed E-state index contributed by atoms with van der Waals surface area (Å²) in [7, 11) is 0. The SMILES string of the molecule is C=CC=C=Cc1c(C(C)(C)C)ccc(C)c1C(C)C.CC. The quantitative estimate of drug-likeness (QED) is 0.423. The van der Waals surface area contributed by atoms with Crippen LogP contribution in [0.25, 0.3) is 6.08 Å². The Kier molecular flexibility index (Phi) is 8.07. The highest BCUT2D eigenvalue weighted by Gasteiger charge is 2.20. The summed E-state index contributed by atoms with van der Waals surface area (Å²) in [5, 5.41) is 0. The zero-order valence-electron chi connectivity index (χ0n) is 15.2. The first-order chi connectivity index (χ1) is 9.79. The Bertz CT molecular complexity index is 516. The van der Waals surface area contributed by atoms with Crippen LogP contribution in [0.3, 0.4) is 0 Å². The average molecular weight is 284 g/mol. The summed E-state index contributed by atoms with van der Waals surface area (Å²) in [4.78, 5) is 0. The zero-order chi connectivity index (χ0) is 16.6. The predicted octanol–water partition coefficient (Wildman–Crippen LogP) is 6.80. The number of allylic oxidation sites excluding steroid dienone is 2. The Morgan fingerprint density at radius 2 is 1.71 bits per heavy atom. The summed E-state index contributed by atoms with van der Waals surface area (Å²) in [6.07, 6.45) is 5.72. The van der Waals surface area contributed by atoms with Crippen LogP contribution in [0.1, 0.15) is 76.6 Å². The summed E-state index contributed by atoms with van der Waals surface area (Å²) in [5.74, 6) is 0.513. The van der Waals surface area contributed by atoms with Crippen LogP contribution in [0.5, 0.6) is 0 Å². The molecule has 0 fully saturated rings. The topological polar surface area (TPSA) is 0 Å². The molecular formula is C21H32. The highest BCUT2D eigenvalue weighted by atomic mass is 14.2. The van der Waals surface area contributed by atoms with Crippen molar-refractivity contribution in [3.05, 3.63) is 58.8 Å². The Balaban J connectivity index is 0.00000191. The molecule has 0 bridgehead atoms. The van der Waals surface area contributed by atoms with E-state index in [-0.39, 0.29) is 5.41 Å². The zero-order valence-corrected chi connectivity index (χ0v) is 15.2. The third-order valence-corrected chi connectivity index (χ3v) is 3.33. The maximum Gasteiger partial charge on any atom is -0.0105 e. The Labute approximate surface area is 132 Å². The maximum atomic E-state index is 3.70. The molecule has 1 aromatic carbocycles. The van der Waals surface area contributed by atoms with E-state index in [4.69, 9.17) is 0 Å². The molecule has 0 aliphatic heterocycles. The lowest BCUT2D eigenvalue weighted by atomic mass is 9.79. The number of hydrogen-bond acceptors (Lipinski definition) is 0. The van der Waals surface area contributed by atoms with E-state index in [0.717, 1.165) is 0 Å². The molecular weight excluding hydrogens is 252 g/mol. The fraction of sp³-hybridized carbons (Fsp3) is 0.476. The van der Waals surface area contributed by atoms with E-state index < -0.39 is 0 Å². The van der Waals surface area contributed by atoms with Crippen molar-refractivity contribution in [2.75, 3.05) is 0 Å². The molecule has 0 aromatic heterocycles. The number of hydrogen-bond donors (Lipinski definition) is 0. The minimum absolute atomic E-state index is 0.138. The Morgan fingerprint density at radius 1 is 1.14 bits per heavy atom. The smallest absolute Gasteiger partial charge is 0.0105 e. The van der Waals surface area contributed by atoms with Gasteiger partial charge < -0.3 is 0 Å². The maximum absolute atomic E-state index is 3.70. The van der Waals surface area contributed by atoms with Gasteiger partial charge in [0, 0.05) is 0 Å². The molecule has 0 radical (unpaired) electrons. The van der Waals surface area contributed by atoms with Crippen LogP contribution in [-0.4, -0.2) is 0 Å². The van der Waals surface area contributed by atoms with Crippen molar-refractivity contribution in [3.8, 4) is 0 Å². The van der Waals surface area contributed by atoms with Crippen molar-refractivity contribution in [2.45, 2.75) is 66.7 Å². The monoisotopic (exact) mass is 284 g/mol. The molecule has 0 atom stereocenters. The second-order valence-electron chi connectivity index (χ2n) is 6.38. The van der Waals surface area contributed by atoms with Crippen molar-refractivity contribution in [1.82, 2.24) is 0 Å². The second kappa shape index (κ2) is 8.70. The van der Waals surface area contributed by atoms with Gasteiger partial charge in [-0.05, 0) is 52.7 Å². The lowest BCUT2D eigenvalue weighted by Gasteiger charge is -2.26. The van der Waals surface area contributed by atoms with Gasteiger partial charge in [-0.25, -0.2) is 0 Å². The largest absolute Gasteiger partial charge is 0.120 e. The van der Waals surface area contributed by atoms with Crippen molar-refractivity contribution >= 4 is 6.08 Å². The van der Waals surface area contributed by atoms with Crippen LogP contribution in [0.4, 0.5) is 0 Å². The molecule has 0 saturated heterocycles. The molecule has 0 N–H and O–H groups in total. The molecule has 0 nitrogen and oxygen atoms in total. The first-order valence-corrected chi connectivity index (χ1v) is 7.96. The molecule has 0 spiro atoms. The summed E-state index contributed by atoms with van der Waals surface area (Å²) in [5.41, 5.74) is 8.84. The van der Waals surface area contributed by atoms with Gasteiger partial charge in [0.1, 0.15) is 0 Å². The molecule has 116 valence electrons. The van der Waals surface area contributed by atoms with Crippen LogP contribution < -0.4 is 0 Å². The van der Waals surface area contributed by atoms with Gasteiger partial charge in [-0.2, -0.15) is 0 Å². The van der Waals surface area contributed by atoms with Gasteiger partial charge in [0.15, 0.2) is 0 Å². The summed E-state index contributed by atoms with van der Waals surface area (Å²) < 4.78 is 0. The van der Waals surface area contributed by atoms with E-state index in [1.807, 2.05) is 19.9 Å². The van der Waals surface area contributed by atoms with Crippen LogP contribution in [0, 0.1) is 6.92 Å². The van der Waals surface area contributed by atoms with Gasteiger partial charge in [-0.3, -0.25) is 0 Å². The molecule has 0 amide bonds. The minimum Gasteiger partial charge on any atom is -0.120 e. The molecule has 0 heterocycles. The van der Waals surface area contributed by atoms with Gasteiger partial charge >= 0.3 is 0 Å². The summed E-state index contributed by atoms with van der Waals surface area (Å²) >= 11 is 0. The molecule has 0 heteroatoms. The molecule has 0 aliphatic carbocycles. The molecule has 0 saturated carbocycles.